The maximum absolute atomic E-state index is 10.2. The number of aliphatic hydroxyl groups excluding tert-OH is 1. The van der Waals surface area contributed by atoms with E-state index < -0.39 is 11.7 Å². The van der Waals surface area contributed by atoms with Crippen molar-refractivity contribution in [2.24, 2.45) is 0 Å². The Morgan fingerprint density at radius 1 is 1.24 bits per heavy atom. The summed E-state index contributed by atoms with van der Waals surface area (Å²) in [6, 6.07) is 9.33. The Hall–Kier alpha value is -3.06. The van der Waals surface area contributed by atoms with Gasteiger partial charge in [0.2, 0.25) is 11.0 Å². The number of nitrogens with zero attached hydrogens (tertiary/aromatic N) is 6. The second kappa shape index (κ2) is 9.83. The number of pyridine rings is 2. The number of anilines is 2. The lowest BCUT2D eigenvalue weighted by Crippen LogP contribution is -2.29. The Kier molecular flexibility index (Phi) is 6.88. The van der Waals surface area contributed by atoms with Crippen molar-refractivity contribution < 1.29 is 14.9 Å². The summed E-state index contributed by atoms with van der Waals surface area (Å²) in [6.45, 7) is 5.61. The topological polar surface area (TPSA) is 131 Å². The van der Waals surface area contributed by atoms with E-state index in [2.05, 4.69) is 29.7 Å². The molecule has 3 N–H and O–H groups in total. The van der Waals surface area contributed by atoms with Crippen LogP contribution in [0, 0.1) is 0 Å². The molecule has 1 atom stereocenters. The fraction of sp³-hybridized carbons (Fsp3) is 0.286. The molecule has 0 fully saturated rings. The number of hydrogen-bond donors (Lipinski definition) is 3. The summed E-state index contributed by atoms with van der Waals surface area (Å²) in [4.78, 5) is 14.0. The number of nitrogens with one attached hydrogen (secondary N) is 1. The maximum Gasteiger partial charge on any atom is 0.217 e. The number of aliphatic hydroxyl groups is 2. The van der Waals surface area contributed by atoms with Gasteiger partial charge >= 0.3 is 0 Å². The first kappa shape index (κ1) is 23.1. The first-order chi connectivity index (χ1) is 15.8. The van der Waals surface area contributed by atoms with Crippen LogP contribution in [0.2, 0.25) is 0 Å². The Bertz CT molecular complexity index is 1210. The van der Waals surface area contributed by atoms with E-state index in [1.807, 2.05) is 31.2 Å². The predicted molar refractivity (Wildman–Crippen MR) is 125 cm³/mol. The number of aryl methyl sites for hydroxylation is 1. The molecule has 33 heavy (non-hydrogen) atoms. The lowest BCUT2D eigenvalue weighted by atomic mass is 10.0. The minimum atomic E-state index is -1.37. The second-order valence-corrected chi connectivity index (χ2v) is 9.36. The molecule has 4 aromatic rings. The van der Waals surface area contributed by atoms with Crippen molar-refractivity contribution in [1.29, 1.82) is 0 Å². The van der Waals surface area contributed by atoms with E-state index in [1.54, 1.807) is 29.3 Å². The molecule has 0 amide bonds. The van der Waals surface area contributed by atoms with E-state index >= 15 is 0 Å². The minimum absolute atomic E-state index is 0.129. The van der Waals surface area contributed by atoms with Gasteiger partial charge in [0.05, 0.1) is 11.8 Å². The largest absolute Gasteiger partial charge is 0.435 e. The molecule has 0 saturated heterocycles. The SMILES string of the molecule is CCn1nccc1Oc1cc(Sc2ccccn2)cnc1Nc1nc([C@H](O)C(C)(C)O)ns1. The number of rotatable bonds is 9. The molecule has 12 heteroatoms. The average Bonchev–Trinajstić information content (AvgIpc) is 3.44. The van der Waals surface area contributed by atoms with Gasteiger partial charge in [-0.15, -0.1) is 0 Å². The highest BCUT2D eigenvalue weighted by Gasteiger charge is 2.30. The van der Waals surface area contributed by atoms with Crippen LogP contribution in [0.4, 0.5) is 10.9 Å². The number of hydrogen-bond acceptors (Lipinski definition) is 11. The highest BCUT2D eigenvalue weighted by Crippen LogP contribution is 2.36. The Labute approximate surface area is 198 Å². The van der Waals surface area contributed by atoms with E-state index in [-0.39, 0.29) is 5.82 Å². The van der Waals surface area contributed by atoms with E-state index in [1.165, 1.54) is 25.6 Å². The van der Waals surface area contributed by atoms with Crippen molar-refractivity contribution in [1.82, 2.24) is 29.1 Å². The zero-order valence-electron chi connectivity index (χ0n) is 18.2. The first-order valence-corrected chi connectivity index (χ1v) is 11.7. The van der Waals surface area contributed by atoms with Gasteiger partial charge in [0, 0.05) is 47.5 Å². The van der Waals surface area contributed by atoms with Gasteiger partial charge in [0.1, 0.15) is 11.1 Å². The average molecular weight is 486 g/mol. The Morgan fingerprint density at radius 3 is 2.82 bits per heavy atom. The van der Waals surface area contributed by atoms with E-state index in [4.69, 9.17) is 4.74 Å². The first-order valence-electron chi connectivity index (χ1n) is 10.1. The summed E-state index contributed by atoms with van der Waals surface area (Å²) in [5.74, 6) is 1.58. The van der Waals surface area contributed by atoms with Gasteiger partial charge in [-0.25, -0.2) is 19.6 Å². The van der Waals surface area contributed by atoms with Crippen LogP contribution >= 0.6 is 23.3 Å². The molecule has 0 aromatic carbocycles. The fourth-order valence-corrected chi connectivity index (χ4v) is 4.12. The van der Waals surface area contributed by atoms with Crippen molar-refractivity contribution in [3.8, 4) is 11.6 Å². The predicted octanol–water partition coefficient (Wildman–Crippen LogP) is 4.04. The summed E-state index contributed by atoms with van der Waals surface area (Å²) in [5.41, 5.74) is -1.37. The highest BCUT2D eigenvalue weighted by atomic mass is 32.2. The maximum atomic E-state index is 10.2. The Morgan fingerprint density at radius 2 is 2.09 bits per heavy atom. The molecule has 0 unspecified atom stereocenters. The zero-order valence-corrected chi connectivity index (χ0v) is 19.8. The van der Waals surface area contributed by atoms with Crippen LogP contribution in [0.1, 0.15) is 32.7 Å². The van der Waals surface area contributed by atoms with Crippen LogP contribution in [0.25, 0.3) is 0 Å². The van der Waals surface area contributed by atoms with Crippen LogP contribution in [0.3, 0.4) is 0 Å². The summed E-state index contributed by atoms with van der Waals surface area (Å²) < 4.78 is 12.0. The van der Waals surface area contributed by atoms with Gasteiger partial charge in [-0.3, -0.25) is 0 Å². The minimum Gasteiger partial charge on any atom is -0.435 e. The monoisotopic (exact) mass is 485 g/mol. The fourth-order valence-electron chi connectivity index (χ4n) is 2.75. The molecular formula is C21H23N7O3S2. The normalized spacial score (nSPS) is 12.5. The molecule has 0 aliphatic heterocycles. The van der Waals surface area contributed by atoms with Gasteiger partial charge in [0.25, 0.3) is 0 Å². The quantitative estimate of drug-likeness (QED) is 0.319. The molecule has 0 bridgehead atoms. The van der Waals surface area contributed by atoms with Crippen molar-refractivity contribution >= 4 is 34.2 Å². The summed E-state index contributed by atoms with van der Waals surface area (Å²) in [7, 11) is 0. The smallest absolute Gasteiger partial charge is 0.217 e. The van der Waals surface area contributed by atoms with Gasteiger partial charge in [-0.05, 0) is 32.9 Å². The molecular weight excluding hydrogens is 462 g/mol. The molecule has 0 aliphatic rings. The van der Waals surface area contributed by atoms with Crippen molar-refractivity contribution in [3.63, 3.8) is 0 Å². The molecule has 10 nitrogen and oxygen atoms in total. The molecule has 0 saturated carbocycles. The number of aromatic nitrogens is 6. The third-order valence-corrected chi connectivity index (χ3v) is 6.01. The molecule has 0 radical (unpaired) electrons. The van der Waals surface area contributed by atoms with Crippen LogP contribution < -0.4 is 10.1 Å². The van der Waals surface area contributed by atoms with Gasteiger partial charge < -0.3 is 20.3 Å². The van der Waals surface area contributed by atoms with Crippen molar-refractivity contribution in [2.75, 3.05) is 5.32 Å². The second-order valence-electron chi connectivity index (χ2n) is 7.51. The third kappa shape index (κ3) is 5.66. The van der Waals surface area contributed by atoms with E-state index in [0.717, 1.165) is 21.5 Å². The van der Waals surface area contributed by atoms with Crippen LogP contribution in [0.5, 0.6) is 11.6 Å². The standard InChI is InChI=1S/C21H23N7O3S2/c1-4-28-16(8-10-24-28)31-14-11-13(32-15-7-5-6-9-22-15)12-23-18(14)25-20-26-19(27-33-20)17(29)21(2,3)30/h5-12,17,29-30H,4H2,1-3H3,(H,23,25,26,27)/t17-/m0/s1. The molecule has 4 heterocycles. The van der Waals surface area contributed by atoms with Crippen LogP contribution in [0.15, 0.2) is 58.8 Å². The zero-order chi connectivity index (χ0) is 23.4. The third-order valence-electron chi connectivity index (χ3n) is 4.46. The van der Waals surface area contributed by atoms with Crippen molar-refractivity contribution in [2.45, 2.75) is 48.9 Å². The lowest BCUT2D eigenvalue weighted by molar-refractivity contribution is -0.0533. The molecule has 4 aromatic heterocycles. The van der Waals surface area contributed by atoms with Gasteiger partial charge in [-0.2, -0.15) is 9.47 Å². The summed E-state index contributed by atoms with van der Waals surface area (Å²) >= 11 is 2.51. The molecule has 4 rings (SSSR count). The molecule has 0 spiro atoms. The van der Waals surface area contributed by atoms with Crippen LogP contribution in [-0.4, -0.2) is 44.9 Å². The van der Waals surface area contributed by atoms with E-state index in [0.29, 0.717) is 29.1 Å². The Balaban J connectivity index is 1.63. The lowest BCUT2D eigenvalue weighted by Gasteiger charge is -2.21. The highest BCUT2D eigenvalue weighted by molar-refractivity contribution is 7.99. The van der Waals surface area contributed by atoms with Crippen LogP contribution in [-0.2, 0) is 6.54 Å². The number of ether oxygens (including phenoxy) is 1. The summed E-state index contributed by atoms with van der Waals surface area (Å²) in [6.07, 6.45) is 3.89. The van der Waals surface area contributed by atoms with Gasteiger partial charge in [0.15, 0.2) is 17.4 Å². The van der Waals surface area contributed by atoms with Gasteiger partial charge in [-0.1, -0.05) is 17.8 Å². The molecule has 172 valence electrons. The van der Waals surface area contributed by atoms with E-state index in [9.17, 15) is 10.2 Å². The van der Waals surface area contributed by atoms with Crippen molar-refractivity contribution in [3.05, 3.63) is 54.7 Å². The molecule has 0 aliphatic carbocycles. The summed E-state index contributed by atoms with van der Waals surface area (Å²) in [5, 5.41) is 28.9.